The van der Waals surface area contributed by atoms with Crippen LogP contribution in [0, 0.1) is 0 Å². The molecule has 0 spiro atoms. The van der Waals surface area contributed by atoms with Crippen LogP contribution in [0.3, 0.4) is 0 Å². The number of benzene rings is 2. The molecular weight excluding hydrogens is 404 g/mol. The second-order valence-electron chi connectivity index (χ2n) is 7.57. The molecule has 162 valence electrons. The predicted molar refractivity (Wildman–Crippen MR) is 126 cm³/mol. The van der Waals surface area contributed by atoms with Gasteiger partial charge in [-0.25, -0.2) is 0 Å². The van der Waals surface area contributed by atoms with Crippen LogP contribution in [0.1, 0.15) is 35.7 Å². The van der Waals surface area contributed by atoms with E-state index in [0.717, 1.165) is 22.4 Å². The van der Waals surface area contributed by atoms with Gasteiger partial charge < -0.3 is 15.8 Å². The Hall–Kier alpha value is -3.97. The second kappa shape index (κ2) is 9.03. The lowest BCUT2D eigenvalue weighted by molar-refractivity contribution is 0.414. The number of methoxy groups -OCH3 is 1. The maximum atomic E-state index is 11.8. The quantitative estimate of drug-likeness (QED) is 0.369. The van der Waals surface area contributed by atoms with Gasteiger partial charge in [0.05, 0.1) is 13.2 Å². The molecule has 3 aromatic carbocycles. The number of anilines is 3. The molecule has 4 N–H and O–H groups in total. The van der Waals surface area contributed by atoms with Gasteiger partial charge in [-0.05, 0) is 60.0 Å². The molecule has 0 amide bonds. The van der Waals surface area contributed by atoms with E-state index in [1.165, 1.54) is 0 Å². The zero-order valence-electron chi connectivity index (χ0n) is 17.8. The molecule has 0 saturated carbocycles. The van der Waals surface area contributed by atoms with Gasteiger partial charge in [0.25, 0.3) is 10.9 Å². The van der Waals surface area contributed by atoms with Crippen molar-refractivity contribution in [2.24, 2.45) is 0 Å². The number of ether oxygens (including phenoxy) is 1. The highest BCUT2D eigenvalue weighted by Crippen LogP contribution is 2.30. The topological polar surface area (TPSA) is 106 Å². The van der Waals surface area contributed by atoms with Crippen molar-refractivity contribution >= 4 is 17.1 Å². The van der Waals surface area contributed by atoms with Gasteiger partial charge in [0.15, 0.2) is 0 Å². The Morgan fingerprint density at radius 2 is 1.62 bits per heavy atom. The van der Waals surface area contributed by atoms with E-state index in [-0.39, 0.29) is 23.5 Å². The molecule has 0 aliphatic heterocycles. The van der Waals surface area contributed by atoms with Crippen LogP contribution in [0.4, 0.5) is 17.1 Å². The zero-order valence-corrected chi connectivity index (χ0v) is 17.8. The van der Waals surface area contributed by atoms with Gasteiger partial charge in [0, 0.05) is 24.1 Å². The van der Waals surface area contributed by atoms with E-state index < -0.39 is 10.9 Å². The molecule has 0 aliphatic carbocycles. The van der Waals surface area contributed by atoms with E-state index in [4.69, 9.17) is 10.5 Å². The van der Waals surface area contributed by atoms with Gasteiger partial charge in [0.2, 0.25) is 0 Å². The highest BCUT2D eigenvalue weighted by molar-refractivity contribution is 5.76. The number of nitrogens with one attached hydrogen (secondary N) is 2. The van der Waals surface area contributed by atoms with E-state index >= 15 is 0 Å². The number of pyridine rings is 1. The number of nitrogens with zero attached hydrogens (tertiary/aromatic N) is 1. The number of nitrogens with two attached hydrogens (primary N) is 1. The second-order valence-corrected chi connectivity index (χ2v) is 7.57. The molecule has 4 rings (SSSR count). The van der Waals surface area contributed by atoms with Gasteiger partial charge in [-0.2, -0.15) is 0 Å². The first kappa shape index (κ1) is 21.3. The van der Waals surface area contributed by atoms with Crippen molar-refractivity contribution in [1.29, 1.82) is 0 Å². The third-order valence-electron chi connectivity index (χ3n) is 5.51. The Bertz CT molecular complexity index is 1280. The van der Waals surface area contributed by atoms with Crippen molar-refractivity contribution in [2.45, 2.75) is 19.0 Å². The minimum absolute atomic E-state index is 0.0310. The Kier molecular flexibility index (Phi) is 6.00. The molecule has 4 aromatic rings. The number of nitrogen functional groups attached to an aromatic ring is 1. The van der Waals surface area contributed by atoms with E-state index in [9.17, 15) is 9.59 Å². The average Bonchev–Trinajstić information content (AvgIpc) is 2.85. The Labute approximate surface area is 185 Å². The van der Waals surface area contributed by atoms with Gasteiger partial charge in [-0.3, -0.25) is 19.9 Å². The van der Waals surface area contributed by atoms with Crippen LogP contribution in [0.5, 0.6) is 5.75 Å². The van der Waals surface area contributed by atoms with Crippen LogP contribution >= 0.6 is 0 Å². The fraction of sp³-hybridized carbons (Fsp3) is 0.160. The SMILES string of the molecule is COc1ccc(C(NC(C)c2ccncc2)c2cccc(Nc3c(N)c(=O)c3=O)c2)cc1. The molecule has 7 nitrogen and oxygen atoms in total. The molecule has 0 radical (unpaired) electrons. The summed E-state index contributed by atoms with van der Waals surface area (Å²) in [6.07, 6.45) is 3.55. The van der Waals surface area contributed by atoms with Crippen molar-refractivity contribution in [3.63, 3.8) is 0 Å². The van der Waals surface area contributed by atoms with Crippen LogP contribution in [-0.4, -0.2) is 12.1 Å². The van der Waals surface area contributed by atoms with Crippen molar-refractivity contribution in [3.05, 3.63) is 110 Å². The van der Waals surface area contributed by atoms with Crippen molar-refractivity contribution in [3.8, 4) is 5.75 Å². The lowest BCUT2D eigenvalue weighted by atomic mass is 9.96. The van der Waals surface area contributed by atoms with Crippen molar-refractivity contribution in [1.82, 2.24) is 10.3 Å². The lowest BCUT2D eigenvalue weighted by Crippen LogP contribution is -2.36. The van der Waals surface area contributed by atoms with Crippen molar-refractivity contribution < 1.29 is 4.74 Å². The van der Waals surface area contributed by atoms with Gasteiger partial charge in [-0.15, -0.1) is 0 Å². The van der Waals surface area contributed by atoms with Crippen LogP contribution in [0.25, 0.3) is 0 Å². The zero-order chi connectivity index (χ0) is 22.7. The number of hydrogen-bond donors (Lipinski definition) is 3. The highest BCUT2D eigenvalue weighted by Gasteiger charge is 2.20. The molecule has 2 unspecified atom stereocenters. The molecule has 0 saturated heterocycles. The molecule has 2 atom stereocenters. The average molecular weight is 428 g/mol. The monoisotopic (exact) mass is 428 g/mol. The first-order valence-corrected chi connectivity index (χ1v) is 10.2. The van der Waals surface area contributed by atoms with E-state index in [1.807, 2.05) is 60.7 Å². The standard InChI is InChI=1S/C25H24N4O3/c1-15(16-10-12-27-13-11-16)28-22(17-6-8-20(32-2)9-7-17)18-4-3-5-19(14-18)29-23-21(26)24(30)25(23)31/h3-15,22,28-29H,26H2,1-2H3. The van der Waals surface area contributed by atoms with Crippen LogP contribution < -0.4 is 32.0 Å². The predicted octanol–water partition coefficient (Wildman–Crippen LogP) is 3.45. The summed E-state index contributed by atoms with van der Waals surface area (Å²) < 4.78 is 5.30. The summed E-state index contributed by atoms with van der Waals surface area (Å²) in [6, 6.07) is 19.4. The molecular formula is C25H24N4O3. The van der Waals surface area contributed by atoms with Crippen LogP contribution in [0.15, 0.2) is 82.6 Å². The fourth-order valence-electron chi connectivity index (χ4n) is 3.65. The summed E-state index contributed by atoms with van der Waals surface area (Å²) in [5.74, 6) is 0.778. The minimum atomic E-state index is -0.646. The van der Waals surface area contributed by atoms with Gasteiger partial charge >= 0.3 is 0 Å². The summed E-state index contributed by atoms with van der Waals surface area (Å²) in [6.45, 7) is 2.10. The number of hydrogen-bond acceptors (Lipinski definition) is 7. The fourth-order valence-corrected chi connectivity index (χ4v) is 3.65. The summed E-state index contributed by atoms with van der Waals surface area (Å²) in [4.78, 5) is 27.3. The van der Waals surface area contributed by atoms with Crippen molar-refractivity contribution in [2.75, 3.05) is 18.2 Å². The van der Waals surface area contributed by atoms with Gasteiger partial charge in [-0.1, -0.05) is 24.3 Å². The highest BCUT2D eigenvalue weighted by atomic mass is 16.5. The molecule has 1 heterocycles. The molecule has 0 aliphatic rings. The molecule has 0 fully saturated rings. The van der Waals surface area contributed by atoms with Crippen LogP contribution in [-0.2, 0) is 0 Å². The number of aromatic nitrogens is 1. The summed E-state index contributed by atoms with van der Waals surface area (Å²) in [5, 5.41) is 6.67. The molecule has 0 bridgehead atoms. The smallest absolute Gasteiger partial charge is 0.253 e. The first-order valence-electron chi connectivity index (χ1n) is 10.2. The van der Waals surface area contributed by atoms with Gasteiger partial charge in [0.1, 0.15) is 17.1 Å². The molecule has 1 aromatic heterocycles. The Morgan fingerprint density at radius 3 is 2.28 bits per heavy atom. The number of rotatable bonds is 8. The Morgan fingerprint density at radius 1 is 0.906 bits per heavy atom. The third-order valence-corrected chi connectivity index (χ3v) is 5.51. The third kappa shape index (κ3) is 4.24. The summed E-state index contributed by atoms with van der Waals surface area (Å²) in [7, 11) is 1.64. The summed E-state index contributed by atoms with van der Waals surface area (Å²) >= 11 is 0. The first-order chi connectivity index (χ1) is 15.5. The minimum Gasteiger partial charge on any atom is -0.497 e. The molecule has 7 heteroatoms. The maximum absolute atomic E-state index is 11.8. The normalized spacial score (nSPS) is 12.9. The largest absolute Gasteiger partial charge is 0.497 e. The van der Waals surface area contributed by atoms with E-state index in [2.05, 4.69) is 22.5 Å². The Balaban J connectivity index is 1.67. The van der Waals surface area contributed by atoms with E-state index in [1.54, 1.807) is 19.5 Å². The lowest BCUT2D eigenvalue weighted by Gasteiger charge is -2.25. The maximum Gasteiger partial charge on any atom is 0.253 e. The van der Waals surface area contributed by atoms with Crippen LogP contribution in [0.2, 0.25) is 0 Å². The van der Waals surface area contributed by atoms with E-state index in [0.29, 0.717) is 5.69 Å². The molecule has 32 heavy (non-hydrogen) atoms. The summed E-state index contributed by atoms with van der Waals surface area (Å²) in [5.41, 5.74) is 8.37.